The van der Waals surface area contributed by atoms with E-state index >= 15 is 0 Å². The molecule has 2 rings (SSSR count). The van der Waals surface area contributed by atoms with E-state index in [9.17, 15) is 0 Å². The summed E-state index contributed by atoms with van der Waals surface area (Å²) in [5.74, 6) is 0. The van der Waals surface area contributed by atoms with Gasteiger partial charge in [-0.1, -0.05) is 105 Å². The molecule has 0 aliphatic rings. The summed E-state index contributed by atoms with van der Waals surface area (Å²) in [6, 6.07) is 14.2. The first-order chi connectivity index (χ1) is 19.6. The van der Waals surface area contributed by atoms with Gasteiger partial charge in [0.25, 0.3) is 0 Å². The molecule has 0 radical (unpaired) electrons. The number of hydrogen-bond donors (Lipinski definition) is 0. The van der Waals surface area contributed by atoms with Crippen LogP contribution in [0.25, 0.3) is 0 Å². The zero-order chi connectivity index (χ0) is 28.8. The van der Waals surface area contributed by atoms with Crippen LogP contribution in [0.3, 0.4) is 0 Å². The van der Waals surface area contributed by atoms with Crippen molar-refractivity contribution in [3.63, 3.8) is 0 Å². The van der Waals surface area contributed by atoms with Crippen LogP contribution in [0, 0.1) is 0 Å². The Hall–Kier alpha value is -1.56. The molecule has 232 valence electrons. The minimum absolute atomic E-state index is 0. The van der Waals surface area contributed by atoms with Crippen LogP contribution in [0.2, 0.25) is 0 Å². The number of unbranched alkanes of at least 4 members (excludes halogenated alkanes) is 9. The Morgan fingerprint density at radius 1 is 0.488 bits per heavy atom. The van der Waals surface area contributed by atoms with Gasteiger partial charge in [0, 0.05) is 26.6 Å². The van der Waals surface area contributed by atoms with E-state index in [0.29, 0.717) is 0 Å². The van der Waals surface area contributed by atoms with E-state index in [4.69, 9.17) is 9.98 Å². The fourth-order valence-electron chi connectivity index (χ4n) is 5.34. The van der Waals surface area contributed by atoms with Crippen molar-refractivity contribution in [1.82, 2.24) is 0 Å². The first kappa shape index (κ1) is 37.5. The smallest absolute Gasteiger partial charge is 0.0639 e. The quantitative estimate of drug-likeness (QED) is 0.0688. The molecule has 0 aromatic heterocycles. The number of benzene rings is 2. The van der Waals surface area contributed by atoms with Gasteiger partial charge in [-0.3, -0.25) is 9.98 Å². The van der Waals surface area contributed by atoms with E-state index in [1.807, 2.05) is 0 Å². The second-order valence-corrected chi connectivity index (χ2v) is 11.8. The average Bonchev–Trinajstić information content (AvgIpc) is 2.95. The van der Waals surface area contributed by atoms with Crippen LogP contribution in [-0.2, 0) is 46.1 Å². The number of aliphatic imine (C=N–C) groups is 2. The predicted molar refractivity (Wildman–Crippen MR) is 181 cm³/mol. The monoisotopic (exact) mass is 650 g/mol. The van der Waals surface area contributed by atoms with Crippen LogP contribution in [0.15, 0.2) is 46.4 Å². The van der Waals surface area contributed by atoms with Crippen LogP contribution < -0.4 is 0 Å². The van der Waals surface area contributed by atoms with Gasteiger partial charge in [-0.25, -0.2) is 0 Å². The Labute approximate surface area is 268 Å². The second kappa shape index (κ2) is 23.9. The Bertz CT molecular complexity index is 951. The van der Waals surface area contributed by atoms with E-state index < -0.39 is 0 Å². The molecular weight excluding hydrogens is 591 g/mol. The standard InChI is InChI=1S/C38H60N2.Pd/c1-6-11-16-20-32-25-33(21-17-12-7-2)28-37(27-32)39-31-36(24-15-10-5)40-38-29-34(22-18-13-8-3)26-35(30-38)23-19-14-9-4;/h25-31H,6-24H2,1-5H3;. The van der Waals surface area contributed by atoms with Gasteiger partial charge in [-0.05, 0) is 111 Å². The Balaban J connectivity index is 0.00000840. The van der Waals surface area contributed by atoms with Gasteiger partial charge < -0.3 is 0 Å². The van der Waals surface area contributed by atoms with Crippen molar-refractivity contribution in [2.45, 2.75) is 157 Å². The van der Waals surface area contributed by atoms with Gasteiger partial charge in [-0.2, -0.15) is 0 Å². The van der Waals surface area contributed by atoms with Crippen molar-refractivity contribution in [3.8, 4) is 0 Å². The Kier molecular flexibility index (Phi) is 21.9. The van der Waals surface area contributed by atoms with Gasteiger partial charge in [0.2, 0.25) is 0 Å². The molecule has 0 aliphatic heterocycles. The van der Waals surface area contributed by atoms with E-state index in [-0.39, 0.29) is 20.4 Å². The molecule has 0 N–H and O–H groups in total. The second-order valence-electron chi connectivity index (χ2n) is 11.8. The van der Waals surface area contributed by atoms with E-state index in [1.165, 1.54) is 106 Å². The van der Waals surface area contributed by atoms with Gasteiger partial charge in [0.1, 0.15) is 0 Å². The van der Waals surface area contributed by atoms with Gasteiger partial charge in [0.05, 0.1) is 17.1 Å². The first-order valence-corrected chi connectivity index (χ1v) is 17.0. The molecule has 3 heteroatoms. The van der Waals surface area contributed by atoms with Gasteiger partial charge in [0.15, 0.2) is 0 Å². The zero-order valence-corrected chi connectivity index (χ0v) is 28.7. The molecule has 0 heterocycles. The SMILES string of the molecule is CCCCCc1cc(CCCCC)cc(N=CC(CCCC)=Nc2cc(CCCCC)cc(CCCCC)c2)c1.[Pd]. The van der Waals surface area contributed by atoms with Crippen LogP contribution in [0.4, 0.5) is 11.4 Å². The molecule has 0 atom stereocenters. The fraction of sp³-hybridized carbons (Fsp3) is 0.632. The third-order valence-electron chi connectivity index (χ3n) is 7.77. The van der Waals surface area contributed by atoms with Crippen molar-refractivity contribution in [2.24, 2.45) is 9.98 Å². The maximum absolute atomic E-state index is 5.22. The molecule has 2 aromatic carbocycles. The summed E-state index contributed by atoms with van der Waals surface area (Å²) < 4.78 is 0. The molecule has 0 bridgehead atoms. The predicted octanol–water partition coefficient (Wildman–Crippen LogP) is 12.3. The first-order valence-electron chi connectivity index (χ1n) is 17.0. The molecule has 41 heavy (non-hydrogen) atoms. The van der Waals surface area contributed by atoms with Crippen LogP contribution >= 0.6 is 0 Å². The molecule has 0 saturated carbocycles. The molecule has 0 saturated heterocycles. The molecule has 0 amide bonds. The van der Waals surface area contributed by atoms with E-state index in [0.717, 1.165) is 55.6 Å². The maximum Gasteiger partial charge on any atom is 0.0639 e. The number of hydrogen-bond acceptors (Lipinski definition) is 2. The largest absolute Gasteiger partial charge is 0.255 e. The molecule has 2 aromatic rings. The van der Waals surface area contributed by atoms with E-state index in [2.05, 4.69) is 77.2 Å². The van der Waals surface area contributed by atoms with Gasteiger partial charge >= 0.3 is 0 Å². The normalized spacial score (nSPS) is 11.8. The molecule has 0 aliphatic carbocycles. The maximum atomic E-state index is 5.22. The summed E-state index contributed by atoms with van der Waals surface area (Å²) in [4.78, 5) is 10.3. The number of nitrogens with zero attached hydrogens (tertiary/aromatic N) is 2. The van der Waals surface area contributed by atoms with Crippen LogP contribution in [-0.4, -0.2) is 11.9 Å². The summed E-state index contributed by atoms with van der Waals surface area (Å²) in [5, 5.41) is 0. The summed E-state index contributed by atoms with van der Waals surface area (Å²) in [5.41, 5.74) is 9.10. The van der Waals surface area contributed by atoms with Gasteiger partial charge in [-0.15, -0.1) is 0 Å². The summed E-state index contributed by atoms with van der Waals surface area (Å²) in [7, 11) is 0. The zero-order valence-electron chi connectivity index (χ0n) is 27.2. The average molecular weight is 651 g/mol. The van der Waals surface area contributed by atoms with Crippen LogP contribution in [0.1, 0.15) is 153 Å². The minimum Gasteiger partial charge on any atom is -0.255 e. The molecule has 2 nitrogen and oxygen atoms in total. The fourth-order valence-corrected chi connectivity index (χ4v) is 5.34. The summed E-state index contributed by atoms with van der Waals surface area (Å²) in [6.07, 6.45) is 25.2. The topological polar surface area (TPSA) is 24.7 Å². The van der Waals surface area contributed by atoms with Crippen molar-refractivity contribution >= 4 is 23.3 Å². The molecule has 0 spiro atoms. The summed E-state index contributed by atoms with van der Waals surface area (Å²) >= 11 is 0. The van der Waals surface area contributed by atoms with Crippen molar-refractivity contribution < 1.29 is 20.4 Å². The minimum atomic E-state index is 0. The third kappa shape index (κ3) is 16.6. The van der Waals surface area contributed by atoms with Crippen molar-refractivity contribution in [3.05, 3.63) is 58.7 Å². The van der Waals surface area contributed by atoms with E-state index in [1.54, 1.807) is 0 Å². The molecular formula is C38H60N2Pd. The van der Waals surface area contributed by atoms with Crippen molar-refractivity contribution in [2.75, 3.05) is 0 Å². The molecule has 0 fully saturated rings. The number of rotatable bonds is 22. The Morgan fingerprint density at radius 2 is 0.854 bits per heavy atom. The van der Waals surface area contributed by atoms with Crippen LogP contribution in [0.5, 0.6) is 0 Å². The Morgan fingerprint density at radius 3 is 1.22 bits per heavy atom. The third-order valence-corrected chi connectivity index (χ3v) is 7.77. The van der Waals surface area contributed by atoms with Crippen molar-refractivity contribution in [1.29, 1.82) is 0 Å². The summed E-state index contributed by atoms with van der Waals surface area (Å²) in [6.45, 7) is 11.4. The number of aryl methyl sites for hydroxylation is 4. The molecule has 0 unspecified atom stereocenters.